The van der Waals surface area contributed by atoms with E-state index in [1.165, 1.54) is 13.8 Å². The number of carbonyl (C=O) groups excluding carboxylic acids is 1. The maximum Gasteiger partial charge on any atom is 0.302 e. The van der Waals surface area contributed by atoms with Crippen LogP contribution in [0.1, 0.15) is 120 Å². The number of rotatable bonds is 8. The lowest BCUT2D eigenvalue weighted by Gasteiger charge is -2.64. The molecule has 0 unspecified atom stereocenters. The van der Waals surface area contributed by atoms with Crippen molar-refractivity contribution < 1.29 is 74.1 Å². The lowest BCUT2D eigenvalue weighted by molar-refractivity contribution is -0.366. The minimum absolute atomic E-state index is 0.00132. The summed E-state index contributed by atoms with van der Waals surface area (Å²) in [5.41, 5.74) is -2.77. The Hall–Kier alpha value is -1.05. The number of ether oxygens (including phenoxy) is 6. The molecule has 15 heteroatoms. The van der Waals surface area contributed by atoms with E-state index in [-0.39, 0.29) is 52.1 Å². The molecule has 8 N–H and O–H groups in total. The van der Waals surface area contributed by atoms with Crippen molar-refractivity contribution in [3.63, 3.8) is 0 Å². The highest BCUT2D eigenvalue weighted by Gasteiger charge is 2.85. The van der Waals surface area contributed by atoms with Gasteiger partial charge >= 0.3 is 5.97 Å². The third-order valence-electron chi connectivity index (χ3n) is 18.2. The Morgan fingerprint density at radius 3 is 2.05 bits per heavy atom. The van der Waals surface area contributed by atoms with Crippen LogP contribution in [0.25, 0.3) is 0 Å². The molecule has 0 aromatic heterocycles. The van der Waals surface area contributed by atoms with Crippen LogP contribution in [0.5, 0.6) is 0 Å². The maximum absolute atomic E-state index is 12.4. The Labute approximate surface area is 348 Å². The zero-order valence-electron chi connectivity index (χ0n) is 36.3. The van der Waals surface area contributed by atoms with Crippen LogP contribution < -0.4 is 0 Å². The first-order valence-electron chi connectivity index (χ1n) is 22.2. The standard InChI is InChI=1S/C44H72O15/c1-20-28(48)29(49)31(51)36(55-20)58-33-24(18-54-21(2)45)56-37(32(52)30(33)50)57-26-11-13-44-19-43(44)15-14-40(7)35(42(9)12-10-27(59-42)39(5,6)53)23(47)17-41(40,8)25(43)16-22(46)34(44)38(26,3)4/h20,22-37,46-53H,10-19H2,1-9H3/t20-,22-,23-,24+,25-,26-,27-,28-,29+,30-,31+,32+,33+,34-,35-,36-,37-,40+,41-,42+,43-,44+/m0/s1. The third kappa shape index (κ3) is 6.48. The van der Waals surface area contributed by atoms with Gasteiger partial charge in [0, 0.05) is 12.8 Å². The Morgan fingerprint density at radius 1 is 0.746 bits per heavy atom. The number of aliphatic hydroxyl groups is 8. The molecule has 59 heavy (non-hydrogen) atoms. The molecule has 3 heterocycles. The molecule has 0 aromatic carbocycles. The van der Waals surface area contributed by atoms with E-state index in [1.807, 2.05) is 0 Å². The first-order chi connectivity index (χ1) is 27.3. The van der Waals surface area contributed by atoms with Gasteiger partial charge in [-0.1, -0.05) is 27.7 Å². The molecule has 5 aliphatic carbocycles. The molecular weight excluding hydrogens is 768 g/mol. The van der Waals surface area contributed by atoms with E-state index in [2.05, 4.69) is 34.6 Å². The fourth-order valence-electron chi connectivity index (χ4n) is 15.3. The Balaban J connectivity index is 1.00. The van der Waals surface area contributed by atoms with E-state index in [1.54, 1.807) is 13.8 Å². The van der Waals surface area contributed by atoms with Crippen molar-refractivity contribution in [3.05, 3.63) is 0 Å². The second kappa shape index (κ2) is 14.5. The van der Waals surface area contributed by atoms with Crippen molar-refractivity contribution in [2.75, 3.05) is 6.61 Å². The SMILES string of the molecule is CC(=O)OC[C@H]1O[C@@H](O[C@H]2CC[C@]34C[C@]35CC[C@]3(C)[C@@H]([C@@]6(C)CC[C@@H](C(C)(C)O)O6)[C@@H](O)C[C@@]3(C)[C@@H]5C[C@H](O)[C@H]4C2(C)C)[C@H](O)[C@H](O)[C@@H]1O[C@@H]1O[C@@H](C)[C@H](O)[C@@H](O)[C@H]1O. The predicted octanol–water partition coefficient (Wildman–Crippen LogP) is 1.68. The summed E-state index contributed by atoms with van der Waals surface area (Å²) in [5, 5.41) is 89.5. The monoisotopic (exact) mass is 840 g/mol. The van der Waals surface area contributed by atoms with Crippen molar-refractivity contribution in [1.29, 1.82) is 0 Å². The lowest BCUT2D eigenvalue weighted by atomic mass is 9.41. The van der Waals surface area contributed by atoms with E-state index in [4.69, 9.17) is 28.4 Å². The van der Waals surface area contributed by atoms with Crippen LogP contribution in [0.15, 0.2) is 0 Å². The minimum atomic E-state index is -1.69. The first kappa shape index (κ1) is 44.6. The van der Waals surface area contributed by atoms with Gasteiger partial charge in [0.25, 0.3) is 0 Å². The van der Waals surface area contributed by atoms with Gasteiger partial charge in [-0.05, 0) is 124 Å². The van der Waals surface area contributed by atoms with Crippen molar-refractivity contribution in [1.82, 2.24) is 0 Å². The fourth-order valence-corrected chi connectivity index (χ4v) is 15.3. The zero-order chi connectivity index (χ0) is 43.2. The van der Waals surface area contributed by atoms with Crippen LogP contribution in [0.4, 0.5) is 0 Å². The van der Waals surface area contributed by atoms with Gasteiger partial charge in [-0.2, -0.15) is 0 Å². The van der Waals surface area contributed by atoms with Crippen LogP contribution in [0.3, 0.4) is 0 Å². The molecule has 0 bridgehead atoms. The maximum atomic E-state index is 12.4. The summed E-state index contributed by atoms with van der Waals surface area (Å²) < 4.78 is 36.4. The van der Waals surface area contributed by atoms with Crippen LogP contribution in [0, 0.1) is 44.8 Å². The predicted molar refractivity (Wildman–Crippen MR) is 208 cm³/mol. The van der Waals surface area contributed by atoms with Gasteiger partial charge in [-0.25, -0.2) is 0 Å². The van der Waals surface area contributed by atoms with E-state index in [0.717, 1.165) is 38.5 Å². The number of hydrogen-bond acceptors (Lipinski definition) is 15. The topological polar surface area (TPSA) is 234 Å². The summed E-state index contributed by atoms with van der Waals surface area (Å²) in [4.78, 5) is 11.9. The molecule has 0 amide bonds. The van der Waals surface area contributed by atoms with Crippen LogP contribution in [-0.2, 0) is 33.2 Å². The molecule has 3 saturated heterocycles. The van der Waals surface area contributed by atoms with Gasteiger partial charge < -0.3 is 69.3 Å². The zero-order valence-corrected chi connectivity index (χ0v) is 36.3. The lowest BCUT2D eigenvalue weighted by Crippen LogP contribution is -2.65. The summed E-state index contributed by atoms with van der Waals surface area (Å²) in [6, 6.07) is 0. The average Bonchev–Trinajstić information content (AvgIpc) is 3.49. The number of esters is 1. The van der Waals surface area contributed by atoms with Crippen molar-refractivity contribution >= 4 is 5.97 Å². The van der Waals surface area contributed by atoms with Crippen LogP contribution in [0.2, 0.25) is 0 Å². The first-order valence-corrected chi connectivity index (χ1v) is 22.2. The molecule has 2 spiro atoms. The van der Waals surface area contributed by atoms with Crippen LogP contribution in [-0.4, -0.2) is 150 Å². The van der Waals surface area contributed by atoms with Gasteiger partial charge in [0.1, 0.15) is 49.3 Å². The van der Waals surface area contributed by atoms with Crippen LogP contribution >= 0.6 is 0 Å². The smallest absolute Gasteiger partial charge is 0.302 e. The molecular formula is C44H72O15. The van der Waals surface area contributed by atoms with Gasteiger partial charge in [0.05, 0.1) is 41.7 Å². The van der Waals surface area contributed by atoms with Gasteiger partial charge in [-0.3, -0.25) is 4.79 Å². The Kier molecular flexibility index (Phi) is 10.9. The van der Waals surface area contributed by atoms with E-state index in [9.17, 15) is 45.6 Å². The molecule has 22 atom stereocenters. The Bertz CT molecular complexity index is 1610. The summed E-state index contributed by atoms with van der Waals surface area (Å²) in [5.74, 6) is -0.659. The second-order valence-corrected chi connectivity index (χ2v) is 22.1. The molecule has 0 aromatic rings. The molecule has 5 saturated carbocycles. The third-order valence-corrected chi connectivity index (χ3v) is 18.2. The summed E-state index contributed by atoms with van der Waals surface area (Å²) >= 11 is 0. The Morgan fingerprint density at radius 2 is 1.41 bits per heavy atom. The molecule has 8 fully saturated rings. The van der Waals surface area contributed by atoms with Crippen molar-refractivity contribution in [3.8, 4) is 0 Å². The normalized spacial score (nSPS) is 56.7. The van der Waals surface area contributed by atoms with Gasteiger partial charge in [0.2, 0.25) is 0 Å². The molecule has 8 rings (SSSR count). The van der Waals surface area contributed by atoms with Gasteiger partial charge in [0.15, 0.2) is 12.6 Å². The number of fused-ring (bicyclic) bond motifs is 2. The molecule has 338 valence electrons. The number of carbonyl (C=O) groups is 1. The molecule has 15 nitrogen and oxygen atoms in total. The highest BCUT2D eigenvalue weighted by atomic mass is 16.7. The van der Waals surface area contributed by atoms with Crippen molar-refractivity contribution in [2.45, 2.75) is 217 Å². The highest BCUT2D eigenvalue weighted by Crippen LogP contribution is 2.89. The minimum Gasteiger partial charge on any atom is -0.463 e. The molecule has 0 radical (unpaired) electrons. The van der Waals surface area contributed by atoms with E-state index >= 15 is 0 Å². The molecule has 8 aliphatic rings. The average molecular weight is 841 g/mol. The van der Waals surface area contributed by atoms with E-state index < -0.39 is 102 Å². The van der Waals surface area contributed by atoms with Crippen molar-refractivity contribution in [2.24, 2.45) is 44.8 Å². The second-order valence-electron chi connectivity index (χ2n) is 22.1. The highest BCUT2D eigenvalue weighted by molar-refractivity contribution is 5.65. The summed E-state index contributed by atoms with van der Waals surface area (Å²) in [6.45, 7) is 17.0. The summed E-state index contributed by atoms with van der Waals surface area (Å²) in [7, 11) is 0. The quantitative estimate of drug-likeness (QED) is 0.128. The summed E-state index contributed by atoms with van der Waals surface area (Å²) in [6.07, 6.45) is -9.24. The number of hydrogen-bond donors (Lipinski definition) is 8. The fraction of sp³-hybridized carbons (Fsp3) is 0.977. The molecule has 3 aliphatic heterocycles. The van der Waals surface area contributed by atoms with Gasteiger partial charge in [-0.15, -0.1) is 0 Å². The number of aliphatic hydroxyl groups excluding tert-OH is 7. The van der Waals surface area contributed by atoms with E-state index in [0.29, 0.717) is 19.3 Å². The largest absolute Gasteiger partial charge is 0.463 e.